The second kappa shape index (κ2) is 3.32. The predicted octanol–water partition coefficient (Wildman–Crippen LogP) is 1.76. The fraction of sp³-hybridized carbons (Fsp3) is 0.538. The zero-order valence-electron chi connectivity index (χ0n) is 8.95. The molecule has 2 heteroatoms. The van der Waals surface area contributed by atoms with E-state index in [-0.39, 0.29) is 5.54 Å². The van der Waals surface area contributed by atoms with Crippen molar-refractivity contribution >= 4 is 0 Å². The first-order chi connectivity index (χ1) is 7.29. The Morgan fingerprint density at radius 2 is 1.93 bits per heavy atom. The predicted molar refractivity (Wildman–Crippen MR) is 61.5 cm³/mol. The highest BCUT2D eigenvalue weighted by Gasteiger charge is 2.44. The minimum absolute atomic E-state index is 0.131. The fourth-order valence-corrected chi connectivity index (χ4v) is 3.13. The first-order valence-corrected chi connectivity index (χ1v) is 5.89. The van der Waals surface area contributed by atoms with Gasteiger partial charge in [0.1, 0.15) is 0 Å². The maximum atomic E-state index is 6.60. The van der Waals surface area contributed by atoms with Gasteiger partial charge in [-0.2, -0.15) is 0 Å². The third kappa shape index (κ3) is 1.40. The van der Waals surface area contributed by atoms with Crippen LogP contribution < -0.4 is 11.1 Å². The molecule has 80 valence electrons. The van der Waals surface area contributed by atoms with Crippen LogP contribution in [0.5, 0.6) is 0 Å². The molecule has 2 nitrogen and oxygen atoms in total. The van der Waals surface area contributed by atoms with E-state index in [1.54, 1.807) is 0 Å². The summed E-state index contributed by atoms with van der Waals surface area (Å²) in [5.74, 6) is 0. The summed E-state index contributed by atoms with van der Waals surface area (Å²) >= 11 is 0. The normalized spacial score (nSPS) is 39.3. The Kier molecular flexibility index (Phi) is 2.08. The Morgan fingerprint density at radius 3 is 2.73 bits per heavy atom. The highest BCUT2D eigenvalue weighted by molar-refractivity contribution is 5.28. The van der Waals surface area contributed by atoms with Crippen molar-refractivity contribution in [3.05, 3.63) is 35.9 Å². The second-order valence-electron chi connectivity index (χ2n) is 4.94. The molecule has 3 unspecified atom stereocenters. The average Bonchev–Trinajstić information content (AvgIpc) is 2.71. The van der Waals surface area contributed by atoms with Gasteiger partial charge in [0.15, 0.2) is 0 Å². The van der Waals surface area contributed by atoms with Crippen LogP contribution in [-0.2, 0) is 5.54 Å². The van der Waals surface area contributed by atoms with Gasteiger partial charge < -0.3 is 11.1 Å². The largest absolute Gasteiger partial charge is 0.320 e. The summed E-state index contributed by atoms with van der Waals surface area (Å²) in [4.78, 5) is 0. The van der Waals surface area contributed by atoms with Crippen molar-refractivity contribution in [3.63, 3.8) is 0 Å². The SMILES string of the molecule is NC1(c2ccccc2)CCC2CCC1N2. The van der Waals surface area contributed by atoms with Crippen molar-refractivity contribution in [1.82, 2.24) is 5.32 Å². The summed E-state index contributed by atoms with van der Waals surface area (Å²) in [6.07, 6.45) is 4.88. The smallest absolute Gasteiger partial charge is 0.0565 e. The minimum Gasteiger partial charge on any atom is -0.320 e. The highest BCUT2D eigenvalue weighted by atomic mass is 15.1. The zero-order valence-corrected chi connectivity index (χ0v) is 8.95. The molecule has 0 aliphatic carbocycles. The summed E-state index contributed by atoms with van der Waals surface area (Å²) in [6, 6.07) is 11.8. The second-order valence-corrected chi connectivity index (χ2v) is 4.94. The van der Waals surface area contributed by atoms with Gasteiger partial charge in [-0.25, -0.2) is 0 Å². The van der Waals surface area contributed by atoms with Crippen LogP contribution in [0, 0.1) is 0 Å². The van der Waals surface area contributed by atoms with Crippen LogP contribution in [0.4, 0.5) is 0 Å². The van der Waals surface area contributed by atoms with Gasteiger partial charge in [0.05, 0.1) is 5.54 Å². The van der Waals surface area contributed by atoms with E-state index in [4.69, 9.17) is 5.73 Å². The van der Waals surface area contributed by atoms with Crippen LogP contribution in [0.1, 0.15) is 31.2 Å². The Morgan fingerprint density at radius 1 is 1.13 bits per heavy atom. The summed E-state index contributed by atoms with van der Waals surface area (Å²) in [5.41, 5.74) is 7.76. The molecular weight excluding hydrogens is 184 g/mol. The summed E-state index contributed by atoms with van der Waals surface area (Å²) < 4.78 is 0. The number of hydrogen-bond donors (Lipinski definition) is 2. The van der Waals surface area contributed by atoms with Gasteiger partial charge in [-0.3, -0.25) is 0 Å². The molecule has 0 amide bonds. The molecule has 3 atom stereocenters. The van der Waals surface area contributed by atoms with E-state index in [2.05, 4.69) is 35.6 Å². The molecule has 1 aromatic rings. The Hall–Kier alpha value is -0.860. The van der Waals surface area contributed by atoms with E-state index in [0.717, 1.165) is 12.5 Å². The van der Waals surface area contributed by atoms with Gasteiger partial charge >= 0.3 is 0 Å². The molecule has 0 saturated carbocycles. The lowest BCUT2D eigenvalue weighted by Crippen LogP contribution is -2.56. The molecule has 2 saturated heterocycles. The van der Waals surface area contributed by atoms with E-state index < -0.39 is 0 Å². The van der Waals surface area contributed by atoms with Crippen LogP contribution in [0.2, 0.25) is 0 Å². The van der Waals surface area contributed by atoms with E-state index in [1.807, 2.05) is 0 Å². The topological polar surface area (TPSA) is 38.0 Å². The third-order valence-electron chi connectivity index (χ3n) is 4.08. The molecule has 2 heterocycles. The fourth-order valence-electron chi connectivity index (χ4n) is 3.13. The number of fused-ring (bicyclic) bond motifs is 2. The summed E-state index contributed by atoms with van der Waals surface area (Å²) in [7, 11) is 0. The maximum absolute atomic E-state index is 6.60. The monoisotopic (exact) mass is 202 g/mol. The number of nitrogens with two attached hydrogens (primary N) is 1. The standard InChI is InChI=1S/C13H18N2/c14-13(10-4-2-1-3-5-10)9-8-11-6-7-12(13)15-11/h1-5,11-12,15H,6-9,14H2. The van der Waals surface area contributed by atoms with Crippen molar-refractivity contribution in [1.29, 1.82) is 0 Å². The molecule has 2 fully saturated rings. The maximum Gasteiger partial charge on any atom is 0.0565 e. The van der Waals surface area contributed by atoms with Gasteiger partial charge in [0.25, 0.3) is 0 Å². The first kappa shape index (κ1) is 9.37. The Labute approximate surface area is 90.9 Å². The van der Waals surface area contributed by atoms with Crippen LogP contribution in [-0.4, -0.2) is 12.1 Å². The lowest BCUT2D eigenvalue weighted by molar-refractivity contribution is 0.242. The van der Waals surface area contributed by atoms with Crippen LogP contribution in [0.3, 0.4) is 0 Å². The van der Waals surface area contributed by atoms with Gasteiger partial charge in [-0.05, 0) is 31.2 Å². The Bertz CT molecular complexity index is 349. The molecule has 0 spiro atoms. The highest BCUT2D eigenvalue weighted by Crippen LogP contribution is 2.39. The molecule has 3 N–H and O–H groups in total. The lowest BCUT2D eigenvalue weighted by Gasteiger charge is -2.40. The molecule has 0 aromatic heterocycles. The van der Waals surface area contributed by atoms with Crippen LogP contribution >= 0.6 is 0 Å². The number of piperidine rings is 1. The van der Waals surface area contributed by atoms with Gasteiger partial charge in [0.2, 0.25) is 0 Å². The molecule has 2 aliphatic rings. The number of hydrogen-bond acceptors (Lipinski definition) is 2. The lowest BCUT2D eigenvalue weighted by atomic mass is 9.78. The number of benzene rings is 1. The van der Waals surface area contributed by atoms with E-state index >= 15 is 0 Å². The quantitative estimate of drug-likeness (QED) is 0.728. The van der Waals surface area contributed by atoms with Gasteiger partial charge in [-0.15, -0.1) is 0 Å². The van der Waals surface area contributed by atoms with E-state index in [0.29, 0.717) is 6.04 Å². The van der Waals surface area contributed by atoms with Crippen molar-refractivity contribution in [3.8, 4) is 0 Å². The third-order valence-corrected chi connectivity index (χ3v) is 4.08. The van der Waals surface area contributed by atoms with Crippen LogP contribution in [0.25, 0.3) is 0 Å². The molecule has 1 aromatic carbocycles. The van der Waals surface area contributed by atoms with Gasteiger partial charge in [0, 0.05) is 12.1 Å². The molecule has 0 radical (unpaired) electrons. The number of nitrogens with one attached hydrogen (secondary N) is 1. The van der Waals surface area contributed by atoms with Crippen molar-refractivity contribution in [2.24, 2.45) is 5.73 Å². The minimum atomic E-state index is -0.131. The molecule has 2 bridgehead atoms. The molecule has 3 rings (SSSR count). The Balaban J connectivity index is 1.96. The summed E-state index contributed by atoms with van der Waals surface area (Å²) in [6.45, 7) is 0. The summed E-state index contributed by atoms with van der Waals surface area (Å²) in [5, 5.41) is 3.65. The zero-order chi connectivity index (χ0) is 10.3. The van der Waals surface area contributed by atoms with Crippen molar-refractivity contribution in [2.45, 2.75) is 43.3 Å². The molecule has 15 heavy (non-hydrogen) atoms. The molecular formula is C13H18N2. The number of rotatable bonds is 1. The van der Waals surface area contributed by atoms with E-state index in [1.165, 1.54) is 24.8 Å². The van der Waals surface area contributed by atoms with Crippen molar-refractivity contribution in [2.75, 3.05) is 0 Å². The van der Waals surface area contributed by atoms with E-state index in [9.17, 15) is 0 Å². The average molecular weight is 202 g/mol. The first-order valence-electron chi connectivity index (χ1n) is 5.89. The van der Waals surface area contributed by atoms with Gasteiger partial charge in [-0.1, -0.05) is 30.3 Å². The van der Waals surface area contributed by atoms with Crippen molar-refractivity contribution < 1.29 is 0 Å². The molecule has 2 aliphatic heterocycles. The van der Waals surface area contributed by atoms with Crippen LogP contribution in [0.15, 0.2) is 30.3 Å².